The Kier molecular flexibility index (Phi) is 3.79. The van der Waals surface area contributed by atoms with Gasteiger partial charge in [0.1, 0.15) is 28.8 Å². The maximum absolute atomic E-state index is 13.3. The topological polar surface area (TPSA) is 55.1 Å². The van der Waals surface area contributed by atoms with Crippen LogP contribution in [0.3, 0.4) is 0 Å². The Bertz CT molecular complexity index is 686. The average Bonchev–Trinajstić information content (AvgIpc) is 2.39. The van der Waals surface area contributed by atoms with Crippen molar-refractivity contribution >= 4 is 17.3 Å². The Balaban J connectivity index is 2.35. The molecule has 0 radical (unpaired) electrons. The van der Waals surface area contributed by atoms with E-state index < -0.39 is 51.9 Å². The van der Waals surface area contributed by atoms with Crippen LogP contribution >= 0.6 is 0 Å². The molecule has 110 valence electrons. The fourth-order valence-corrected chi connectivity index (χ4v) is 1.56. The molecule has 2 aromatic rings. The molecule has 2 aromatic carbocycles. The number of anilines is 2. The summed E-state index contributed by atoms with van der Waals surface area (Å²) in [6.07, 6.45) is 0. The van der Waals surface area contributed by atoms with Crippen LogP contribution in [0.2, 0.25) is 0 Å². The van der Waals surface area contributed by atoms with Gasteiger partial charge in [-0.2, -0.15) is 0 Å². The van der Waals surface area contributed by atoms with Gasteiger partial charge in [-0.15, -0.1) is 0 Å². The predicted molar refractivity (Wildman–Crippen MR) is 65.0 cm³/mol. The number of nitrogens with one attached hydrogen (secondary N) is 1. The van der Waals surface area contributed by atoms with Crippen LogP contribution in [0.4, 0.5) is 33.3 Å². The molecule has 0 bridgehead atoms. The number of nitrogen functional groups attached to an aromatic ring is 1. The molecule has 0 saturated carbocycles. The first kappa shape index (κ1) is 14.8. The summed E-state index contributed by atoms with van der Waals surface area (Å²) in [6.45, 7) is 0. The monoisotopic (exact) mass is 302 g/mol. The Hall–Kier alpha value is -2.64. The summed E-state index contributed by atoms with van der Waals surface area (Å²) in [4.78, 5) is 11.7. The van der Waals surface area contributed by atoms with E-state index in [-0.39, 0.29) is 0 Å². The van der Waals surface area contributed by atoms with Gasteiger partial charge in [0.15, 0.2) is 11.6 Å². The van der Waals surface area contributed by atoms with Gasteiger partial charge in [-0.1, -0.05) is 0 Å². The summed E-state index contributed by atoms with van der Waals surface area (Å²) < 4.78 is 65.8. The minimum absolute atomic E-state index is 0.350. The van der Waals surface area contributed by atoms with E-state index in [2.05, 4.69) is 0 Å². The molecule has 0 unspecified atom stereocenters. The molecular weight excluding hydrogens is 295 g/mol. The van der Waals surface area contributed by atoms with Crippen LogP contribution in [-0.4, -0.2) is 5.91 Å². The van der Waals surface area contributed by atoms with Crippen molar-refractivity contribution in [2.24, 2.45) is 0 Å². The van der Waals surface area contributed by atoms with Crippen LogP contribution in [0.25, 0.3) is 0 Å². The standard InChI is InChI=1S/C13H7F5N2O/c14-6-3-9(17)12(10(18)4-6)20-13(21)5-1-7(15)11(19)8(16)2-5/h1-4H,19H2,(H,20,21). The quantitative estimate of drug-likeness (QED) is 0.661. The van der Waals surface area contributed by atoms with Crippen LogP contribution in [-0.2, 0) is 0 Å². The number of rotatable bonds is 2. The summed E-state index contributed by atoms with van der Waals surface area (Å²) in [6, 6.07) is 1.91. The summed E-state index contributed by atoms with van der Waals surface area (Å²) >= 11 is 0. The van der Waals surface area contributed by atoms with Crippen LogP contribution < -0.4 is 11.1 Å². The van der Waals surface area contributed by atoms with Gasteiger partial charge in [0.05, 0.1) is 0 Å². The lowest BCUT2D eigenvalue weighted by Gasteiger charge is -2.09. The Morgan fingerprint density at radius 3 is 1.81 bits per heavy atom. The third-order valence-corrected chi connectivity index (χ3v) is 2.59. The molecule has 0 aliphatic rings. The van der Waals surface area contributed by atoms with Crippen molar-refractivity contribution < 1.29 is 26.7 Å². The maximum atomic E-state index is 13.3. The van der Waals surface area contributed by atoms with E-state index in [1.54, 1.807) is 5.32 Å². The normalized spacial score (nSPS) is 10.5. The number of carbonyl (C=O) groups excluding carboxylic acids is 1. The molecule has 8 heteroatoms. The van der Waals surface area contributed by atoms with Gasteiger partial charge in [0, 0.05) is 17.7 Å². The summed E-state index contributed by atoms with van der Waals surface area (Å²) in [7, 11) is 0. The van der Waals surface area contributed by atoms with Crippen LogP contribution in [0.15, 0.2) is 24.3 Å². The molecule has 3 nitrogen and oxygen atoms in total. The lowest BCUT2D eigenvalue weighted by Crippen LogP contribution is -2.15. The second-order valence-electron chi connectivity index (χ2n) is 4.05. The number of hydrogen-bond donors (Lipinski definition) is 2. The zero-order valence-electron chi connectivity index (χ0n) is 10.2. The highest BCUT2D eigenvalue weighted by Crippen LogP contribution is 2.22. The first-order chi connectivity index (χ1) is 9.79. The average molecular weight is 302 g/mol. The fraction of sp³-hybridized carbons (Fsp3) is 0. The van der Waals surface area contributed by atoms with E-state index in [9.17, 15) is 26.7 Å². The third-order valence-electron chi connectivity index (χ3n) is 2.59. The van der Waals surface area contributed by atoms with E-state index in [0.29, 0.717) is 24.3 Å². The van der Waals surface area contributed by atoms with Gasteiger partial charge in [-0.3, -0.25) is 4.79 Å². The van der Waals surface area contributed by atoms with E-state index in [1.807, 2.05) is 0 Å². The maximum Gasteiger partial charge on any atom is 0.256 e. The van der Waals surface area contributed by atoms with Crippen LogP contribution in [0, 0.1) is 29.1 Å². The van der Waals surface area contributed by atoms with Gasteiger partial charge >= 0.3 is 0 Å². The number of carbonyl (C=O) groups is 1. The molecule has 0 aliphatic heterocycles. The minimum atomic E-state index is -1.36. The van der Waals surface area contributed by atoms with Crippen molar-refractivity contribution in [3.05, 3.63) is 58.9 Å². The van der Waals surface area contributed by atoms with Gasteiger partial charge in [-0.05, 0) is 12.1 Å². The second kappa shape index (κ2) is 5.39. The van der Waals surface area contributed by atoms with Crippen molar-refractivity contribution in [3.8, 4) is 0 Å². The highest BCUT2D eigenvalue weighted by molar-refractivity contribution is 6.04. The number of halogens is 5. The largest absolute Gasteiger partial charge is 0.394 e. The van der Waals surface area contributed by atoms with Gasteiger partial charge in [0.2, 0.25) is 0 Å². The first-order valence-corrected chi connectivity index (χ1v) is 5.50. The molecule has 0 saturated heterocycles. The van der Waals surface area contributed by atoms with E-state index in [1.165, 1.54) is 0 Å². The zero-order valence-corrected chi connectivity index (χ0v) is 10.2. The van der Waals surface area contributed by atoms with Crippen molar-refractivity contribution in [3.63, 3.8) is 0 Å². The molecule has 0 heterocycles. The van der Waals surface area contributed by atoms with Crippen molar-refractivity contribution in [1.82, 2.24) is 0 Å². The summed E-state index contributed by atoms with van der Waals surface area (Å²) in [5, 5.41) is 1.77. The van der Waals surface area contributed by atoms with Gasteiger partial charge in [0.25, 0.3) is 5.91 Å². The van der Waals surface area contributed by atoms with E-state index in [4.69, 9.17) is 5.73 Å². The Labute approximate surface area is 115 Å². The molecule has 3 N–H and O–H groups in total. The lowest BCUT2D eigenvalue weighted by molar-refractivity contribution is 0.102. The molecule has 0 aliphatic carbocycles. The first-order valence-electron chi connectivity index (χ1n) is 5.50. The molecule has 21 heavy (non-hydrogen) atoms. The second-order valence-corrected chi connectivity index (χ2v) is 4.05. The molecule has 0 aromatic heterocycles. The minimum Gasteiger partial charge on any atom is -0.394 e. The molecule has 1 amide bonds. The molecular formula is C13H7F5N2O. The van der Waals surface area contributed by atoms with E-state index >= 15 is 0 Å². The van der Waals surface area contributed by atoms with Crippen molar-refractivity contribution in [2.75, 3.05) is 11.1 Å². The van der Waals surface area contributed by atoms with Crippen LogP contribution in [0.1, 0.15) is 10.4 Å². The number of hydrogen-bond acceptors (Lipinski definition) is 2. The SMILES string of the molecule is Nc1c(F)cc(C(=O)Nc2c(F)cc(F)cc2F)cc1F. The highest BCUT2D eigenvalue weighted by Gasteiger charge is 2.18. The van der Waals surface area contributed by atoms with Gasteiger partial charge < -0.3 is 11.1 Å². The number of nitrogens with two attached hydrogens (primary N) is 1. The third kappa shape index (κ3) is 2.93. The van der Waals surface area contributed by atoms with Gasteiger partial charge in [-0.25, -0.2) is 22.0 Å². The summed E-state index contributed by atoms with van der Waals surface area (Å²) in [5.41, 5.74) is 2.77. The van der Waals surface area contributed by atoms with E-state index in [0.717, 1.165) is 0 Å². The smallest absolute Gasteiger partial charge is 0.256 e. The Morgan fingerprint density at radius 1 is 0.857 bits per heavy atom. The molecule has 0 atom stereocenters. The van der Waals surface area contributed by atoms with Crippen molar-refractivity contribution in [1.29, 1.82) is 0 Å². The summed E-state index contributed by atoms with van der Waals surface area (Å²) in [5.74, 6) is -7.47. The Morgan fingerprint density at radius 2 is 1.33 bits per heavy atom. The molecule has 2 rings (SSSR count). The molecule has 0 spiro atoms. The number of benzene rings is 2. The highest BCUT2D eigenvalue weighted by atomic mass is 19.2. The van der Waals surface area contributed by atoms with Crippen LogP contribution in [0.5, 0.6) is 0 Å². The zero-order chi connectivity index (χ0) is 15.7. The van der Waals surface area contributed by atoms with Crippen molar-refractivity contribution in [2.45, 2.75) is 0 Å². The molecule has 0 fully saturated rings. The number of amides is 1. The predicted octanol–water partition coefficient (Wildman–Crippen LogP) is 3.22. The fourth-order valence-electron chi connectivity index (χ4n) is 1.56. The lowest BCUT2D eigenvalue weighted by atomic mass is 10.1.